The third kappa shape index (κ3) is 11.0. The van der Waals surface area contributed by atoms with E-state index in [0.717, 1.165) is 5.56 Å². The summed E-state index contributed by atoms with van der Waals surface area (Å²) in [5.41, 5.74) is 18.1. The first-order valence-corrected chi connectivity index (χ1v) is 12.8. The van der Waals surface area contributed by atoms with E-state index in [-0.39, 0.29) is 37.5 Å². The average Bonchev–Trinajstić information content (AvgIpc) is 3.41. The van der Waals surface area contributed by atoms with Gasteiger partial charge in [0.25, 0.3) is 0 Å². The number of hydrogen-bond donors (Lipinski definition) is 9. The molecule has 212 valence electrons. The number of rotatable bonds is 16. The van der Waals surface area contributed by atoms with Gasteiger partial charge >= 0.3 is 5.97 Å². The van der Waals surface area contributed by atoms with E-state index in [0.29, 0.717) is 12.1 Å². The molecule has 39 heavy (non-hydrogen) atoms. The quantitative estimate of drug-likeness (QED) is 0.0477. The Bertz CT molecular complexity index is 1110. The molecule has 0 saturated heterocycles. The van der Waals surface area contributed by atoms with Crippen LogP contribution in [0.25, 0.3) is 0 Å². The van der Waals surface area contributed by atoms with Crippen LogP contribution >= 0.6 is 12.6 Å². The smallest absolute Gasteiger partial charge is 0.327 e. The van der Waals surface area contributed by atoms with E-state index in [2.05, 4.69) is 43.5 Å². The summed E-state index contributed by atoms with van der Waals surface area (Å²) in [4.78, 5) is 61.3. The van der Waals surface area contributed by atoms with Crippen molar-refractivity contribution in [1.29, 1.82) is 0 Å². The fourth-order valence-electron chi connectivity index (χ4n) is 3.57. The van der Waals surface area contributed by atoms with Crippen molar-refractivity contribution in [3.05, 3.63) is 54.1 Å². The minimum atomic E-state index is -1.26. The summed E-state index contributed by atoms with van der Waals surface area (Å²) in [6.07, 6.45) is 3.70. The summed E-state index contributed by atoms with van der Waals surface area (Å²) >= 11 is 3.97. The predicted octanol–water partition coefficient (Wildman–Crippen LogP) is -1.96. The molecular formula is C24H35N9O5S. The lowest BCUT2D eigenvalue weighted by molar-refractivity contribution is -0.141. The van der Waals surface area contributed by atoms with Gasteiger partial charge in [0.15, 0.2) is 5.96 Å². The van der Waals surface area contributed by atoms with Crippen LogP contribution in [0.3, 0.4) is 0 Å². The second kappa shape index (κ2) is 16.0. The molecule has 0 saturated carbocycles. The molecule has 0 radical (unpaired) electrons. The fourth-order valence-corrected chi connectivity index (χ4v) is 3.81. The number of aliphatic carboxylic acids is 1. The van der Waals surface area contributed by atoms with E-state index in [1.165, 1.54) is 12.5 Å². The topological polar surface area (TPSA) is 244 Å². The van der Waals surface area contributed by atoms with Crippen molar-refractivity contribution in [3.63, 3.8) is 0 Å². The molecule has 15 heteroatoms. The van der Waals surface area contributed by atoms with Gasteiger partial charge in [-0.2, -0.15) is 12.6 Å². The molecule has 2 aromatic rings. The number of benzene rings is 1. The summed E-state index contributed by atoms with van der Waals surface area (Å²) in [5.74, 6) is -3.48. The summed E-state index contributed by atoms with van der Waals surface area (Å²) in [6.45, 7) is 0.207. The van der Waals surface area contributed by atoms with E-state index < -0.39 is 47.9 Å². The van der Waals surface area contributed by atoms with Crippen molar-refractivity contribution in [2.75, 3.05) is 12.3 Å². The molecule has 4 atom stereocenters. The van der Waals surface area contributed by atoms with E-state index >= 15 is 0 Å². The number of H-pyrrole nitrogens is 1. The number of amides is 3. The van der Waals surface area contributed by atoms with Gasteiger partial charge in [0.05, 0.1) is 12.4 Å². The van der Waals surface area contributed by atoms with Crippen LogP contribution in [0.2, 0.25) is 0 Å². The lowest BCUT2D eigenvalue weighted by Gasteiger charge is -2.25. The number of guanidine groups is 1. The van der Waals surface area contributed by atoms with Gasteiger partial charge in [0.1, 0.15) is 18.1 Å². The molecule has 0 bridgehead atoms. The maximum absolute atomic E-state index is 13.4. The molecule has 4 unspecified atom stereocenters. The highest BCUT2D eigenvalue weighted by molar-refractivity contribution is 7.80. The van der Waals surface area contributed by atoms with Gasteiger partial charge in [-0.1, -0.05) is 30.3 Å². The minimum Gasteiger partial charge on any atom is -0.480 e. The van der Waals surface area contributed by atoms with Crippen LogP contribution in [0.15, 0.2) is 47.8 Å². The highest BCUT2D eigenvalue weighted by atomic mass is 32.1. The van der Waals surface area contributed by atoms with Crippen molar-refractivity contribution in [2.24, 2.45) is 22.2 Å². The van der Waals surface area contributed by atoms with Gasteiger partial charge in [0.2, 0.25) is 17.7 Å². The summed E-state index contributed by atoms with van der Waals surface area (Å²) < 4.78 is 0. The van der Waals surface area contributed by atoms with Crippen molar-refractivity contribution in [2.45, 2.75) is 49.9 Å². The van der Waals surface area contributed by atoms with Crippen molar-refractivity contribution >= 4 is 42.3 Å². The molecule has 0 aliphatic heterocycles. The number of aliphatic imine (C=N–C) groups is 1. The third-order valence-electron chi connectivity index (χ3n) is 5.62. The number of carboxylic acid groups (broad SMARTS) is 1. The van der Waals surface area contributed by atoms with Gasteiger partial charge in [0, 0.05) is 37.0 Å². The predicted molar refractivity (Wildman–Crippen MR) is 148 cm³/mol. The van der Waals surface area contributed by atoms with Gasteiger partial charge in [-0.3, -0.25) is 19.4 Å². The monoisotopic (exact) mass is 561 g/mol. The summed E-state index contributed by atoms with van der Waals surface area (Å²) in [6, 6.07) is 4.42. The molecule has 2 rings (SSSR count). The second-order valence-corrected chi connectivity index (χ2v) is 9.10. The fraction of sp³-hybridized carbons (Fsp3) is 0.417. The molecule has 0 aliphatic rings. The first-order chi connectivity index (χ1) is 18.6. The average molecular weight is 562 g/mol. The van der Waals surface area contributed by atoms with Gasteiger partial charge in [-0.05, 0) is 18.4 Å². The minimum absolute atomic E-state index is 0.0747. The number of nitrogens with two attached hydrogens (primary N) is 3. The van der Waals surface area contributed by atoms with Crippen LogP contribution in [-0.4, -0.2) is 81.2 Å². The van der Waals surface area contributed by atoms with Crippen LogP contribution in [0.5, 0.6) is 0 Å². The van der Waals surface area contributed by atoms with E-state index in [4.69, 9.17) is 17.2 Å². The molecule has 0 aliphatic carbocycles. The van der Waals surface area contributed by atoms with E-state index in [9.17, 15) is 24.3 Å². The van der Waals surface area contributed by atoms with Crippen LogP contribution < -0.4 is 33.2 Å². The van der Waals surface area contributed by atoms with Gasteiger partial charge in [-0.15, -0.1) is 0 Å². The molecule has 1 aromatic heterocycles. The van der Waals surface area contributed by atoms with Crippen LogP contribution in [-0.2, 0) is 32.0 Å². The second-order valence-electron chi connectivity index (χ2n) is 8.73. The summed E-state index contributed by atoms with van der Waals surface area (Å²) in [5, 5.41) is 17.0. The lowest BCUT2D eigenvalue weighted by Crippen LogP contribution is -2.58. The van der Waals surface area contributed by atoms with E-state index in [1.54, 1.807) is 30.3 Å². The number of thiol groups is 1. The molecule has 0 fully saturated rings. The number of imidazole rings is 1. The van der Waals surface area contributed by atoms with Gasteiger partial charge < -0.3 is 43.2 Å². The molecule has 11 N–H and O–H groups in total. The first kappa shape index (κ1) is 31.1. The zero-order chi connectivity index (χ0) is 28.8. The molecular weight excluding hydrogens is 526 g/mol. The molecule has 1 aromatic carbocycles. The number of aromatic nitrogens is 2. The third-order valence-corrected chi connectivity index (χ3v) is 5.99. The Kier molecular flexibility index (Phi) is 12.8. The Morgan fingerprint density at radius 3 is 2.21 bits per heavy atom. The highest BCUT2D eigenvalue weighted by Gasteiger charge is 2.30. The number of carboxylic acids is 1. The first-order valence-electron chi connectivity index (χ1n) is 12.2. The van der Waals surface area contributed by atoms with E-state index in [1.807, 2.05) is 0 Å². The molecule has 0 spiro atoms. The number of nitrogens with zero attached hydrogens (tertiary/aromatic N) is 2. The Morgan fingerprint density at radius 1 is 0.974 bits per heavy atom. The van der Waals surface area contributed by atoms with Crippen molar-refractivity contribution < 1.29 is 24.3 Å². The number of hydrogen-bond acceptors (Lipinski definition) is 8. The van der Waals surface area contributed by atoms with Crippen LogP contribution in [0.4, 0.5) is 0 Å². The highest BCUT2D eigenvalue weighted by Crippen LogP contribution is 2.07. The molecule has 14 nitrogen and oxygen atoms in total. The lowest BCUT2D eigenvalue weighted by atomic mass is 10.0. The Labute approximate surface area is 231 Å². The normalized spacial score (nSPS) is 13.8. The number of carbonyl (C=O) groups excluding carboxylic acids is 3. The molecule has 3 amide bonds. The van der Waals surface area contributed by atoms with Gasteiger partial charge in [-0.25, -0.2) is 9.78 Å². The Morgan fingerprint density at radius 2 is 1.62 bits per heavy atom. The number of aromatic amines is 1. The maximum atomic E-state index is 13.4. The standard InChI is InChI=1S/C24H35N9O5S/c25-16(10-15-11-28-13-30-15)20(34)31-17(7-4-8-29-24(26)27)21(35)32-18(9-14-5-2-1-3-6-14)22(36)33-19(12-39)23(37)38/h1-3,5-6,11,13,16-19,39H,4,7-10,12,25H2,(H,28,30)(H,31,34)(H,32,35)(H,33,36)(H,37,38)(H4,26,27,29). The molecule has 1 heterocycles. The largest absolute Gasteiger partial charge is 0.480 e. The van der Waals surface area contributed by atoms with Crippen LogP contribution in [0, 0.1) is 0 Å². The van der Waals surface area contributed by atoms with Crippen LogP contribution in [0.1, 0.15) is 24.1 Å². The Hall–Kier alpha value is -4.11. The SMILES string of the molecule is NC(N)=NCCCC(NC(=O)C(N)Cc1cnc[nH]1)C(=O)NC(Cc1ccccc1)C(=O)NC(CS)C(=O)O. The van der Waals surface area contributed by atoms with Crippen molar-refractivity contribution in [3.8, 4) is 0 Å². The zero-order valence-corrected chi connectivity index (χ0v) is 22.1. The summed E-state index contributed by atoms with van der Waals surface area (Å²) in [7, 11) is 0. The maximum Gasteiger partial charge on any atom is 0.327 e. The number of nitrogens with one attached hydrogen (secondary N) is 4. The Balaban J connectivity index is 2.20. The zero-order valence-electron chi connectivity index (χ0n) is 21.2. The number of carbonyl (C=O) groups is 4. The van der Waals surface area contributed by atoms with Crippen molar-refractivity contribution in [1.82, 2.24) is 25.9 Å².